The van der Waals surface area contributed by atoms with Crippen molar-refractivity contribution in [3.63, 3.8) is 0 Å². The van der Waals surface area contributed by atoms with Gasteiger partial charge in [-0.25, -0.2) is 4.79 Å². The van der Waals surface area contributed by atoms with Gasteiger partial charge in [0.1, 0.15) is 5.37 Å². The Morgan fingerprint density at radius 1 is 1.50 bits per heavy atom. The Kier molecular flexibility index (Phi) is 4.28. The molecule has 0 fully saturated rings. The normalized spacial score (nSPS) is 7.67. The molecule has 64 valence electrons. The highest BCUT2D eigenvalue weighted by Crippen LogP contribution is 1.77. The fourth-order valence-electron chi connectivity index (χ4n) is 0.308. The number of esters is 1. The third-order valence-electron chi connectivity index (χ3n) is 0.604. The summed E-state index contributed by atoms with van der Waals surface area (Å²) in [6.07, 6.45) is 0.621. The maximum Gasteiger partial charge on any atom is 0.346 e. The van der Waals surface area contributed by atoms with Gasteiger partial charge in [0.05, 0.1) is 6.08 Å². The van der Waals surface area contributed by atoms with E-state index in [4.69, 9.17) is 10.8 Å². The van der Waals surface area contributed by atoms with Crippen molar-refractivity contribution in [1.82, 2.24) is 0 Å². The first-order valence-corrected chi connectivity index (χ1v) is 3.69. The molecular formula is C5H4N2O4S. The molecule has 0 rings (SSSR count). The van der Waals surface area contributed by atoms with Crippen LogP contribution in [0.3, 0.4) is 0 Å². The molecule has 0 heterocycles. The lowest BCUT2D eigenvalue weighted by molar-refractivity contribution is -0.129. The Bertz CT molecular complexity index is 366. The molecule has 0 spiro atoms. The van der Waals surface area contributed by atoms with E-state index in [1.165, 1.54) is 0 Å². The van der Waals surface area contributed by atoms with Crippen LogP contribution in [0.15, 0.2) is 6.08 Å². The average Bonchev–Trinajstić information content (AvgIpc) is 1.84. The molecule has 0 radical (unpaired) electrons. The number of nitrogens with one attached hydrogen (secondary N) is 2. The van der Waals surface area contributed by atoms with Crippen LogP contribution in [0.5, 0.6) is 0 Å². The summed E-state index contributed by atoms with van der Waals surface area (Å²) in [7, 11) is -2.57. The summed E-state index contributed by atoms with van der Waals surface area (Å²) in [6, 6.07) is 0. The van der Waals surface area contributed by atoms with Crippen LogP contribution in [0.4, 0.5) is 0 Å². The zero-order chi connectivity index (χ0) is 9.56. The number of hydrogen-bond acceptors (Lipinski definition) is 6. The van der Waals surface area contributed by atoms with Gasteiger partial charge in [-0.3, -0.25) is 10.8 Å². The maximum atomic E-state index is 10.4. The van der Waals surface area contributed by atoms with Crippen molar-refractivity contribution in [3.8, 4) is 0 Å². The highest BCUT2D eigenvalue weighted by Gasteiger charge is 2.00. The molecule has 0 aliphatic rings. The summed E-state index contributed by atoms with van der Waals surface area (Å²) in [6.45, 7) is 0. The fraction of sp³-hybridized carbons (Fsp3) is 0. The van der Waals surface area contributed by atoms with Gasteiger partial charge in [-0.05, 0) is 5.87 Å². The largest absolute Gasteiger partial charge is 0.403 e. The number of carbonyl (C=O) groups is 1. The van der Waals surface area contributed by atoms with E-state index >= 15 is 0 Å². The Labute approximate surface area is 69.0 Å². The van der Waals surface area contributed by atoms with Crippen molar-refractivity contribution in [3.05, 3.63) is 6.08 Å². The molecule has 12 heavy (non-hydrogen) atoms. The van der Waals surface area contributed by atoms with E-state index in [-0.39, 0.29) is 0 Å². The first-order chi connectivity index (χ1) is 5.56. The first-order valence-electron chi connectivity index (χ1n) is 2.55. The smallest absolute Gasteiger partial charge is 0.346 e. The molecule has 0 aliphatic carbocycles. The molecule has 0 amide bonds. The minimum absolute atomic E-state index is 0.412. The van der Waals surface area contributed by atoms with Crippen LogP contribution >= 0.6 is 0 Å². The summed E-state index contributed by atoms with van der Waals surface area (Å²) in [4.78, 5) is 10.4. The van der Waals surface area contributed by atoms with Gasteiger partial charge in [-0.1, -0.05) is 0 Å². The molecule has 7 heteroatoms. The molecule has 0 aliphatic heterocycles. The molecule has 0 aromatic rings. The van der Waals surface area contributed by atoms with Crippen LogP contribution in [-0.4, -0.2) is 31.5 Å². The molecule has 0 bridgehead atoms. The quantitative estimate of drug-likeness (QED) is 0.190. The molecule has 0 unspecified atom stereocenters. The lowest BCUT2D eigenvalue weighted by Gasteiger charge is -1.92. The van der Waals surface area contributed by atoms with Gasteiger partial charge in [0, 0.05) is 0 Å². The highest BCUT2D eigenvalue weighted by atomic mass is 32.2. The monoisotopic (exact) mass is 188 g/mol. The standard InChI is InChI=1S/C5H4N2O4S/c6-2-1-5(8)11-4(7)3-12(9)10/h1,3,6-7H. The second kappa shape index (κ2) is 5.00. The summed E-state index contributed by atoms with van der Waals surface area (Å²) in [5.74, 6) is -0.211. The van der Waals surface area contributed by atoms with Crippen LogP contribution in [0, 0.1) is 10.8 Å². The minimum atomic E-state index is -2.57. The van der Waals surface area contributed by atoms with Gasteiger partial charge in [-0.15, -0.1) is 0 Å². The maximum absolute atomic E-state index is 10.4. The Morgan fingerprint density at radius 3 is 2.50 bits per heavy atom. The van der Waals surface area contributed by atoms with E-state index < -0.39 is 22.2 Å². The Morgan fingerprint density at radius 2 is 2.08 bits per heavy atom. The van der Waals surface area contributed by atoms with Crippen molar-refractivity contribution in [2.75, 3.05) is 0 Å². The fourth-order valence-corrected chi connectivity index (χ4v) is 0.531. The van der Waals surface area contributed by atoms with Crippen LogP contribution in [-0.2, 0) is 19.8 Å². The predicted octanol–water partition coefficient (Wildman–Crippen LogP) is -1.01. The number of ether oxygens (including phenoxy) is 1. The summed E-state index contributed by atoms with van der Waals surface area (Å²) in [5, 5.41) is 13.4. The van der Waals surface area contributed by atoms with Crippen LogP contribution in [0.1, 0.15) is 0 Å². The Hall–Kier alpha value is -1.72. The van der Waals surface area contributed by atoms with E-state index in [9.17, 15) is 13.2 Å². The highest BCUT2D eigenvalue weighted by molar-refractivity contribution is 7.73. The van der Waals surface area contributed by atoms with E-state index in [0.29, 0.717) is 11.4 Å². The zero-order valence-electron chi connectivity index (χ0n) is 5.70. The van der Waals surface area contributed by atoms with Crippen molar-refractivity contribution in [1.29, 1.82) is 10.8 Å². The van der Waals surface area contributed by atoms with E-state index in [1.54, 1.807) is 5.87 Å². The predicted molar refractivity (Wildman–Crippen MR) is 41.1 cm³/mol. The van der Waals surface area contributed by atoms with E-state index in [0.717, 1.165) is 0 Å². The second-order valence-electron chi connectivity index (χ2n) is 1.45. The molecule has 0 atom stereocenters. The third kappa shape index (κ3) is 5.10. The van der Waals surface area contributed by atoms with E-state index in [2.05, 4.69) is 4.74 Å². The molecule has 0 saturated heterocycles. The van der Waals surface area contributed by atoms with Gasteiger partial charge in [0.25, 0.3) is 0 Å². The van der Waals surface area contributed by atoms with Gasteiger partial charge >= 0.3 is 5.97 Å². The lowest BCUT2D eigenvalue weighted by Crippen LogP contribution is -2.10. The van der Waals surface area contributed by atoms with Crippen molar-refractivity contribution in [2.24, 2.45) is 0 Å². The molecule has 0 aromatic heterocycles. The number of hydrogen-bond donors (Lipinski definition) is 2. The van der Waals surface area contributed by atoms with Crippen LogP contribution in [0.2, 0.25) is 0 Å². The SMILES string of the molecule is N=C=CC(=O)OC(=N)C=S(=O)=O. The summed E-state index contributed by atoms with van der Waals surface area (Å²) in [5.41, 5.74) is 0. The van der Waals surface area contributed by atoms with E-state index in [1.807, 2.05) is 0 Å². The van der Waals surface area contributed by atoms with Gasteiger partial charge in [-0.2, -0.15) is 8.42 Å². The lowest BCUT2D eigenvalue weighted by atomic mass is 10.6. The molecule has 6 nitrogen and oxygen atoms in total. The Balaban J connectivity index is 4.30. The van der Waals surface area contributed by atoms with Crippen LogP contribution < -0.4 is 0 Å². The van der Waals surface area contributed by atoms with Gasteiger partial charge in [0.2, 0.25) is 16.2 Å². The topological polar surface area (TPSA) is 108 Å². The van der Waals surface area contributed by atoms with Crippen molar-refractivity contribution >= 4 is 33.4 Å². The molecule has 0 saturated carbocycles. The molecule has 2 N–H and O–H groups in total. The van der Waals surface area contributed by atoms with Gasteiger partial charge in [0.15, 0.2) is 0 Å². The minimum Gasteiger partial charge on any atom is -0.403 e. The summed E-state index contributed by atoms with van der Waals surface area (Å²) >= 11 is 0. The zero-order valence-corrected chi connectivity index (χ0v) is 6.51. The van der Waals surface area contributed by atoms with Gasteiger partial charge < -0.3 is 4.74 Å². The number of rotatable bonds is 2. The summed E-state index contributed by atoms with van der Waals surface area (Å²) < 4.78 is 23.9. The second-order valence-corrected chi connectivity index (χ2v) is 2.21. The molecular weight excluding hydrogens is 184 g/mol. The average molecular weight is 188 g/mol. The van der Waals surface area contributed by atoms with Crippen molar-refractivity contribution < 1.29 is 17.9 Å². The third-order valence-corrected chi connectivity index (χ3v) is 1.01. The number of carbonyl (C=O) groups excluding carboxylic acids is 1. The molecule has 0 aromatic carbocycles. The van der Waals surface area contributed by atoms with Crippen molar-refractivity contribution in [2.45, 2.75) is 0 Å². The van der Waals surface area contributed by atoms with Crippen LogP contribution in [0.25, 0.3) is 0 Å². The first kappa shape index (κ1) is 10.3.